The standard InChI is InChI=1S/C29H35F3O/c1-21-4-8-23(9-5-21)25-12-16-27(17-13-25)29(31,32)33-28-18-14-26(15-19-28)24-10-6-22(7-11-24)3-2-20-30/h2,12-24H,3-11H2,1H3/b20-2+. The van der Waals surface area contributed by atoms with Gasteiger partial charge in [0.2, 0.25) is 0 Å². The molecule has 0 heterocycles. The van der Waals surface area contributed by atoms with Crippen molar-refractivity contribution in [2.24, 2.45) is 11.8 Å². The monoisotopic (exact) mass is 456 g/mol. The fraction of sp³-hybridized carbons (Fsp3) is 0.517. The Hall–Kier alpha value is -2.23. The second-order valence-electron chi connectivity index (χ2n) is 10.1. The average molecular weight is 457 g/mol. The van der Waals surface area contributed by atoms with Gasteiger partial charge in [0, 0.05) is 0 Å². The molecule has 2 aromatic carbocycles. The highest BCUT2D eigenvalue weighted by Gasteiger charge is 2.35. The molecular formula is C29H35F3O. The first-order valence-corrected chi connectivity index (χ1v) is 12.5. The smallest absolute Gasteiger partial charge is 0.426 e. The zero-order chi connectivity index (χ0) is 23.3. The molecule has 178 valence electrons. The van der Waals surface area contributed by atoms with E-state index in [1.807, 2.05) is 24.3 Å². The van der Waals surface area contributed by atoms with Crippen LogP contribution in [-0.4, -0.2) is 0 Å². The first-order valence-electron chi connectivity index (χ1n) is 12.5. The zero-order valence-corrected chi connectivity index (χ0v) is 19.5. The highest BCUT2D eigenvalue weighted by molar-refractivity contribution is 5.32. The Morgan fingerprint density at radius 2 is 1.30 bits per heavy atom. The molecule has 2 aliphatic rings. The van der Waals surface area contributed by atoms with Crippen molar-refractivity contribution in [3.8, 4) is 5.75 Å². The van der Waals surface area contributed by atoms with E-state index in [1.54, 1.807) is 18.2 Å². The molecule has 4 rings (SSSR count). The van der Waals surface area contributed by atoms with Gasteiger partial charge in [-0.05, 0) is 104 Å². The minimum absolute atomic E-state index is 0.111. The lowest BCUT2D eigenvalue weighted by molar-refractivity contribution is -0.185. The van der Waals surface area contributed by atoms with Crippen LogP contribution < -0.4 is 4.74 Å². The maximum atomic E-state index is 14.8. The fourth-order valence-electron chi connectivity index (χ4n) is 5.53. The van der Waals surface area contributed by atoms with Crippen LogP contribution in [0.5, 0.6) is 5.75 Å². The Balaban J connectivity index is 1.33. The summed E-state index contributed by atoms with van der Waals surface area (Å²) in [7, 11) is 0. The van der Waals surface area contributed by atoms with Crippen LogP contribution in [0.15, 0.2) is 60.9 Å². The van der Waals surface area contributed by atoms with Gasteiger partial charge < -0.3 is 4.74 Å². The molecule has 4 heteroatoms. The van der Waals surface area contributed by atoms with Crippen LogP contribution in [0.4, 0.5) is 13.2 Å². The predicted molar refractivity (Wildman–Crippen MR) is 127 cm³/mol. The highest BCUT2D eigenvalue weighted by atomic mass is 19.3. The first-order chi connectivity index (χ1) is 15.9. The van der Waals surface area contributed by atoms with Crippen LogP contribution in [0.25, 0.3) is 0 Å². The van der Waals surface area contributed by atoms with Crippen molar-refractivity contribution in [1.82, 2.24) is 0 Å². The summed E-state index contributed by atoms with van der Waals surface area (Å²) in [6.07, 6.45) is 8.58. The van der Waals surface area contributed by atoms with Crippen LogP contribution in [-0.2, 0) is 6.11 Å². The maximum Gasteiger partial charge on any atom is 0.426 e. The van der Waals surface area contributed by atoms with Gasteiger partial charge in [-0.2, -0.15) is 8.78 Å². The van der Waals surface area contributed by atoms with Crippen molar-refractivity contribution in [2.75, 3.05) is 0 Å². The summed E-state index contributed by atoms with van der Waals surface area (Å²) >= 11 is 0. The normalized spacial score (nSPS) is 26.4. The Kier molecular flexibility index (Phi) is 7.82. The summed E-state index contributed by atoms with van der Waals surface area (Å²) in [5.41, 5.74) is 2.21. The van der Waals surface area contributed by atoms with E-state index in [-0.39, 0.29) is 11.3 Å². The molecule has 0 aromatic heterocycles. The fourth-order valence-corrected chi connectivity index (χ4v) is 5.53. The second kappa shape index (κ2) is 10.8. The van der Waals surface area contributed by atoms with Crippen molar-refractivity contribution >= 4 is 0 Å². The molecule has 0 radical (unpaired) electrons. The molecule has 2 aliphatic carbocycles. The maximum absolute atomic E-state index is 14.8. The minimum atomic E-state index is -3.37. The third-order valence-corrected chi connectivity index (χ3v) is 7.74. The molecule has 0 saturated heterocycles. The number of benzene rings is 2. The summed E-state index contributed by atoms with van der Waals surface area (Å²) in [4.78, 5) is 0. The van der Waals surface area contributed by atoms with Gasteiger partial charge in [0.1, 0.15) is 5.75 Å². The van der Waals surface area contributed by atoms with Gasteiger partial charge in [-0.25, -0.2) is 4.39 Å². The summed E-state index contributed by atoms with van der Waals surface area (Å²) in [5, 5.41) is 0. The molecule has 33 heavy (non-hydrogen) atoms. The quantitative estimate of drug-likeness (QED) is 0.403. The first kappa shape index (κ1) is 23.9. The third-order valence-electron chi connectivity index (χ3n) is 7.74. The van der Waals surface area contributed by atoms with E-state index in [1.165, 1.54) is 25.0 Å². The van der Waals surface area contributed by atoms with Gasteiger partial charge >= 0.3 is 6.11 Å². The van der Waals surface area contributed by atoms with Crippen LogP contribution in [0.1, 0.15) is 93.2 Å². The summed E-state index contributed by atoms with van der Waals surface area (Å²) < 4.78 is 47.0. The highest BCUT2D eigenvalue weighted by Crippen LogP contribution is 2.39. The molecule has 0 N–H and O–H groups in total. The van der Waals surface area contributed by atoms with Crippen molar-refractivity contribution in [3.05, 3.63) is 77.6 Å². The lowest BCUT2D eigenvalue weighted by Crippen LogP contribution is -2.22. The molecule has 2 aromatic rings. The Labute approximate surface area is 196 Å². The summed E-state index contributed by atoms with van der Waals surface area (Å²) in [5.74, 6) is 2.40. The molecule has 0 spiro atoms. The van der Waals surface area contributed by atoms with Gasteiger partial charge in [-0.15, -0.1) is 0 Å². The van der Waals surface area contributed by atoms with Crippen molar-refractivity contribution < 1.29 is 17.9 Å². The topological polar surface area (TPSA) is 9.23 Å². The van der Waals surface area contributed by atoms with Crippen molar-refractivity contribution in [2.45, 2.75) is 82.7 Å². The molecule has 0 bridgehead atoms. The minimum Gasteiger partial charge on any atom is -0.429 e. The summed E-state index contributed by atoms with van der Waals surface area (Å²) in [6.45, 7) is 2.28. The number of alkyl halides is 2. The Morgan fingerprint density at radius 3 is 1.85 bits per heavy atom. The van der Waals surface area contributed by atoms with E-state index in [9.17, 15) is 13.2 Å². The third kappa shape index (κ3) is 6.22. The lowest BCUT2D eigenvalue weighted by Gasteiger charge is -2.28. The number of halogens is 3. The van der Waals surface area contributed by atoms with Crippen LogP contribution >= 0.6 is 0 Å². The van der Waals surface area contributed by atoms with E-state index < -0.39 is 6.11 Å². The van der Waals surface area contributed by atoms with Gasteiger partial charge in [0.05, 0.1) is 11.9 Å². The molecule has 2 fully saturated rings. The van der Waals surface area contributed by atoms with Gasteiger partial charge in [0.15, 0.2) is 0 Å². The van der Waals surface area contributed by atoms with Gasteiger partial charge in [0.25, 0.3) is 0 Å². The molecular weight excluding hydrogens is 421 g/mol. The largest absolute Gasteiger partial charge is 0.429 e. The van der Waals surface area contributed by atoms with Crippen molar-refractivity contribution in [3.63, 3.8) is 0 Å². The van der Waals surface area contributed by atoms with E-state index in [4.69, 9.17) is 4.74 Å². The molecule has 0 atom stereocenters. The van der Waals surface area contributed by atoms with Crippen LogP contribution in [0, 0.1) is 11.8 Å². The number of hydrogen-bond donors (Lipinski definition) is 0. The number of ether oxygens (including phenoxy) is 1. The predicted octanol–water partition coefficient (Wildman–Crippen LogP) is 9.26. The van der Waals surface area contributed by atoms with E-state index >= 15 is 0 Å². The number of allylic oxidation sites excluding steroid dienone is 1. The molecule has 0 aliphatic heterocycles. The van der Waals surface area contributed by atoms with Crippen LogP contribution in [0.2, 0.25) is 0 Å². The molecule has 2 saturated carbocycles. The lowest BCUT2D eigenvalue weighted by atomic mass is 9.77. The Morgan fingerprint density at radius 1 is 0.788 bits per heavy atom. The van der Waals surface area contributed by atoms with E-state index in [2.05, 4.69) is 6.92 Å². The van der Waals surface area contributed by atoms with Gasteiger partial charge in [-0.3, -0.25) is 0 Å². The SMILES string of the molecule is CC1CCC(c2ccc(C(F)(F)Oc3ccc(C4CCC(C/C=C/F)CC4)cc3)cc2)CC1. The van der Waals surface area contributed by atoms with Crippen molar-refractivity contribution in [1.29, 1.82) is 0 Å². The molecule has 0 unspecified atom stereocenters. The average Bonchev–Trinajstić information content (AvgIpc) is 2.84. The van der Waals surface area contributed by atoms with E-state index in [0.29, 0.717) is 24.1 Å². The Bertz CT molecular complexity index is 887. The number of rotatable bonds is 7. The van der Waals surface area contributed by atoms with Gasteiger partial charge in [-0.1, -0.05) is 50.1 Å². The second-order valence-corrected chi connectivity index (χ2v) is 10.1. The van der Waals surface area contributed by atoms with Crippen LogP contribution in [0.3, 0.4) is 0 Å². The number of hydrogen-bond acceptors (Lipinski definition) is 1. The van der Waals surface area contributed by atoms with E-state index in [0.717, 1.165) is 62.0 Å². The zero-order valence-electron chi connectivity index (χ0n) is 19.5. The summed E-state index contributed by atoms with van der Waals surface area (Å²) in [6, 6.07) is 13.8. The molecule has 1 nitrogen and oxygen atoms in total. The molecule has 0 amide bonds.